The largest absolute Gasteiger partial charge is 0.487 e. The minimum atomic E-state index is -1.50. The van der Waals surface area contributed by atoms with E-state index in [9.17, 15) is 0 Å². The Balaban J connectivity index is 2.36. The molecule has 2 rings (SSSR count). The molecule has 0 atom stereocenters. The van der Waals surface area contributed by atoms with Crippen molar-refractivity contribution in [2.24, 2.45) is 5.41 Å². The van der Waals surface area contributed by atoms with Crippen LogP contribution in [-0.4, -0.2) is 29.4 Å². The molecule has 0 fully saturated rings. The Morgan fingerprint density at radius 2 is 1.09 bits per heavy atom. The predicted molar refractivity (Wildman–Crippen MR) is 156 cm³/mol. The van der Waals surface area contributed by atoms with E-state index in [1.165, 1.54) is 64.2 Å². The predicted octanol–water partition coefficient (Wildman–Crippen LogP) is 8.90. The molecule has 1 aromatic rings. The van der Waals surface area contributed by atoms with E-state index in [2.05, 4.69) is 76.1 Å². The van der Waals surface area contributed by atoms with Gasteiger partial charge in [-0.1, -0.05) is 116 Å². The van der Waals surface area contributed by atoms with Crippen LogP contribution in [0.1, 0.15) is 87.8 Å². The van der Waals surface area contributed by atoms with Gasteiger partial charge in [0.25, 0.3) is 0 Å². The first-order chi connectivity index (χ1) is 16.0. The summed E-state index contributed by atoms with van der Waals surface area (Å²) in [7, 11) is -2.99. The van der Waals surface area contributed by atoms with E-state index in [1.54, 1.807) is 11.3 Å². The molecule has 0 saturated heterocycles. The first kappa shape index (κ1) is 29.1. The fourth-order valence-corrected chi connectivity index (χ4v) is 6.15. The smallest absolute Gasteiger partial charge is 0.189 e. The third-order valence-corrected chi connectivity index (χ3v) is 8.82. The molecule has 1 aromatic heterocycles. The number of hydrogen-bond donors (Lipinski definition) is 0. The zero-order valence-electron chi connectivity index (χ0n) is 23.2. The molecule has 0 spiro atoms. The Hall–Kier alpha value is -1.15. The van der Waals surface area contributed by atoms with Crippen LogP contribution in [0.3, 0.4) is 0 Å². The van der Waals surface area contributed by atoms with E-state index in [-0.39, 0.29) is 5.41 Å². The summed E-state index contributed by atoms with van der Waals surface area (Å²) in [5.74, 6) is 8.67. The highest BCUT2D eigenvalue weighted by Crippen LogP contribution is 2.46. The summed E-state index contributed by atoms with van der Waals surface area (Å²) < 4.78 is 13.3. The van der Waals surface area contributed by atoms with Crippen molar-refractivity contribution in [3.05, 3.63) is 9.75 Å². The first-order valence-electron chi connectivity index (χ1n) is 13.5. The van der Waals surface area contributed by atoms with Gasteiger partial charge in [-0.15, -0.1) is 22.4 Å². The highest BCUT2D eigenvalue weighted by atomic mass is 32.1. The molecule has 34 heavy (non-hydrogen) atoms. The summed E-state index contributed by atoms with van der Waals surface area (Å²) in [6.45, 7) is 19.7. The molecular weight excluding hydrogens is 469 g/mol. The number of fused-ring (bicyclic) bond motifs is 1. The lowest BCUT2D eigenvalue weighted by atomic mass is 9.79. The molecule has 0 aromatic carbocycles. The Morgan fingerprint density at radius 1 is 0.676 bits per heavy atom. The maximum absolute atomic E-state index is 6.63. The molecule has 0 unspecified atom stereocenters. The zero-order chi connectivity index (χ0) is 25.2. The Kier molecular flexibility index (Phi) is 11.3. The third kappa shape index (κ3) is 9.84. The maximum Gasteiger partial charge on any atom is 0.189 e. The Morgan fingerprint density at radius 3 is 1.44 bits per heavy atom. The number of hydrogen-bond acceptors (Lipinski definition) is 3. The van der Waals surface area contributed by atoms with Crippen LogP contribution in [0.4, 0.5) is 0 Å². The van der Waals surface area contributed by atoms with Crippen LogP contribution >= 0.6 is 11.3 Å². The number of thiophene rings is 1. The maximum atomic E-state index is 6.63. The molecule has 1 aliphatic heterocycles. The number of ether oxygens (including phenoxy) is 2. The van der Waals surface area contributed by atoms with E-state index in [0.29, 0.717) is 0 Å². The van der Waals surface area contributed by atoms with Gasteiger partial charge in [0.15, 0.2) is 11.5 Å². The second kappa shape index (κ2) is 13.2. The lowest BCUT2D eigenvalue weighted by molar-refractivity contribution is 0.0781. The van der Waals surface area contributed by atoms with Crippen LogP contribution in [0.15, 0.2) is 0 Å². The van der Waals surface area contributed by atoms with Crippen molar-refractivity contribution in [3.63, 3.8) is 0 Å². The minimum absolute atomic E-state index is 0.0884. The molecule has 0 amide bonds. The van der Waals surface area contributed by atoms with Gasteiger partial charge >= 0.3 is 0 Å². The van der Waals surface area contributed by atoms with Crippen LogP contribution in [0.5, 0.6) is 11.5 Å². The van der Waals surface area contributed by atoms with Crippen LogP contribution in [0, 0.1) is 28.3 Å². The van der Waals surface area contributed by atoms with E-state index in [4.69, 9.17) is 9.47 Å². The van der Waals surface area contributed by atoms with Crippen LogP contribution in [0.25, 0.3) is 0 Å². The zero-order valence-corrected chi connectivity index (χ0v) is 26.0. The fraction of sp³-hybridized carbons (Fsp3) is 0.724. The van der Waals surface area contributed by atoms with Gasteiger partial charge in [0, 0.05) is 5.41 Å². The second-order valence-electron chi connectivity index (χ2n) is 12.1. The molecule has 1 aliphatic rings. The summed E-state index contributed by atoms with van der Waals surface area (Å²) in [6.07, 6.45) is 12.6. The van der Waals surface area contributed by atoms with Crippen molar-refractivity contribution in [2.75, 3.05) is 13.2 Å². The average molecular weight is 517 g/mol. The molecule has 2 heterocycles. The Labute approximate surface area is 216 Å². The van der Waals surface area contributed by atoms with E-state index in [1.807, 2.05) is 0 Å². The summed E-state index contributed by atoms with van der Waals surface area (Å²) in [6, 6.07) is 0. The van der Waals surface area contributed by atoms with Gasteiger partial charge in [-0.05, 0) is 12.8 Å². The highest BCUT2D eigenvalue weighted by Gasteiger charge is 2.36. The first-order valence-corrected chi connectivity index (χ1v) is 21.3. The monoisotopic (exact) mass is 516 g/mol. The molecule has 190 valence electrons. The number of unbranched alkanes of at least 4 members (excludes halogenated alkanes) is 6. The van der Waals surface area contributed by atoms with Gasteiger partial charge < -0.3 is 9.47 Å². The molecule has 2 nitrogen and oxygen atoms in total. The van der Waals surface area contributed by atoms with Gasteiger partial charge in [0.2, 0.25) is 0 Å². The molecule has 0 N–H and O–H groups in total. The van der Waals surface area contributed by atoms with Crippen molar-refractivity contribution < 1.29 is 9.47 Å². The summed E-state index contributed by atoms with van der Waals surface area (Å²) in [5.41, 5.74) is 7.16. The highest BCUT2D eigenvalue weighted by molar-refractivity contribution is 7.14. The van der Waals surface area contributed by atoms with E-state index in [0.717, 1.165) is 34.5 Å². The molecule has 0 radical (unpaired) electrons. The quantitative estimate of drug-likeness (QED) is 0.175. The molecule has 0 aliphatic carbocycles. The van der Waals surface area contributed by atoms with Crippen LogP contribution < -0.4 is 9.47 Å². The van der Waals surface area contributed by atoms with Crippen molar-refractivity contribution in [2.45, 2.75) is 117 Å². The van der Waals surface area contributed by atoms with E-state index < -0.39 is 16.1 Å². The van der Waals surface area contributed by atoms with Crippen molar-refractivity contribution in [3.8, 4) is 34.4 Å². The van der Waals surface area contributed by atoms with Gasteiger partial charge in [0.05, 0.1) is 13.2 Å². The van der Waals surface area contributed by atoms with Gasteiger partial charge in [-0.25, -0.2) is 0 Å². The summed E-state index contributed by atoms with van der Waals surface area (Å²) in [5, 5.41) is 0. The summed E-state index contributed by atoms with van der Waals surface area (Å²) >= 11 is 1.66. The molecule has 0 saturated carbocycles. The van der Waals surface area contributed by atoms with Crippen molar-refractivity contribution >= 4 is 27.5 Å². The fourth-order valence-electron chi connectivity index (χ4n) is 4.08. The van der Waals surface area contributed by atoms with Crippen LogP contribution in [-0.2, 0) is 0 Å². The molecule has 0 bridgehead atoms. The van der Waals surface area contributed by atoms with Gasteiger partial charge in [-0.3, -0.25) is 0 Å². The Bertz CT molecular complexity index is 825. The summed E-state index contributed by atoms with van der Waals surface area (Å²) in [4.78, 5) is 2.01. The molecular formula is C29H48O2SSi2. The lowest BCUT2D eigenvalue weighted by Crippen LogP contribution is -2.33. The van der Waals surface area contributed by atoms with Gasteiger partial charge in [-0.2, -0.15) is 0 Å². The normalized spacial score (nSPS) is 15.1. The minimum Gasteiger partial charge on any atom is -0.487 e. The van der Waals surface area contributed by atoms with E-state index >= 15 is 0 Å². The van der Waals surface area contributed by atoms with Crippen LogP contribution in [0.2, 0.25) is 39.3 Å². The third-order valence-electron chi connectivity index (χ3n) is 6.09. The SMILES string of the molecule is CCCCCCC1(CCCCCC)COc2c(C#C[Si](C)(C)C)sc(C#C[Si](C)(C)C)c2OC1. The van der Waals surface area contributed by atoms with Gasteiger partial charge in [0.1, 0.15) is 25.9 Å². The molecule has 5 heteroatoms. The van der Waals surface area contributed by atoms with Crippen molar-refractivity contribution in [1.82, 2.24) is 0 Å². The topological polar surface area (TPSA) is 18.5 Å². The number of rotatable bonds is 10. The average Bonchev–Trinajstić information content (AvgIpc) is 2.98. The van der Waals surface area contributed by atoms with Crippen molar-refractivity contribution in [1.29, 1.82) is 0 Å². The second-order valence-corrected chi connectivity index (χ2v) is 22.6. The lowest BCUT2D eigenvalue weighted by Gasteiger charge is -2.31. The standard InChI is InChI=1S/C29H48O2SSi2/c1-9-11-13-15-19-29(20-16-14-12-10-2)23-30-27-25(17-21-33(3,4)5)32-26(28(27)31-24-29)18-22-34(6,7)8/h9-16,19-20,23-24H2,1-8H3.